The third kappa shape index (κ3) is 2.75. The number of aryl methyl sites for hydroxylation is 1. The van der Waals surface area contributed by atoms with Gasteiger partial charge in [0.1, 0.15) is 11.0 Å². The fourth-order valence-corrected chi connectivity index (χ4v) is 3.10. The van der Waals surface area contributed by atoms with Crippen molar-refractivity contribution in [2.75, 3.05) is 6.61 Å². The molecular weight excluding hydrogens is 300 g/mol. The first-order chi connectivity index (χ1) is 11.5. The highest BCUT2D eigenvalue weighted by atomic mass is 16.5. The maximum atomic E-state index is 5.85. The van der Waals surface area contributed by atoms with E-state index in [0.29, 0.717) is 18.4 Å². The SMILES string of the molecule is CCCOc1ncccc1-c1nc2c(C)[nH]nc2c(C(C)C)c1C. The summed E-state index contributed by atoms with van der Waals surface area (Å²) in [5.41, 5.74) is 7.09. The summed E-state index contributed by atoms with van der Waals surface area (Å²) >= 11 is 0. The first kappa shape index (κ1) is 16.4. The summed E-state index contributed by atoms with van der Waals surface area (Å²) in [5, 5.41) is 7.54. The van der Waals surface area contributed by atoms with Gasteiger partial charge in [0.2, 0.25) is 5.88 Å². The van der Waals surface area contributed by atoms with Gasteiger partial charge in [0.05, 0.1) is 23.6 Å². The second-order valence-electron chi connectivity index (χ2n) is 6.40. The van der Waals surface area contributed by atoms with Gasteiger partial charge in [0, 0.05) is 6.20 Å². The van der Waals surface area contributed by atoms with Crippen molar-refractivity contribution in [1.29, 1.82) is 0 Å². The van der Waals surface area contributed by atoms with Crippen molar-refractivity contribution in [2.24, 2.45) is 0 Å². The summed E-state index contributed by atoms with van der Waals surface area (Å²) in [4.78, 5) is 9.32. The van der Waals surface area contributed by atoms with E-state index in [9.17, 15) is 0 Å². The second kappa shape index (κ2) is 6.59. The Morgan fingerprint density at radius 2 is 2.00 bits per heavy atom. The maximum Gasteiger partial charge on any atom is 0.222 e. The fraction of sp³-hybridized carbons (Fsp3) is 0.421. The van der Waals surface area contributed by atoms with E-state index in [1.54, 1.807) is 6.20 Å². The Morgan fingerprint density at radius 3 is 2.71 bits per heavy atom. The molecule has 0 saturated heterocycles. The quantitative estimate of drug-likeness (QED) is 0.748. The number of nitrogens with one attached hydrogen (secondary N) is 1. The van der Waals surface area contributed by atoms with Crippen LogP contribution >= 0.6 is 0 Å². The van der Waals surface area contributed by atoms with Crippen molar-refractivity contribution in [3.8, 4) is 17.1 Å². The molecule has 5 nitrogen and oxygen atoms in total. The molecule has 0 spiro atoms. The lowest BCUT2D eigenvalue weighted by Gasteiger charge is -2.16. The molecule has 24 heavy (non-hydrogen) atoms. The van der Waals surface area contributed by atoms with E-state index in [2.05, 4.69) is 42.9 Å². The van der Waals surface area contributed by atoms with Gasteiger partial charge >= 0.3 is 0 Å². The highest BCUT2D eigenvalue weighted by Gasteiger charge is 2.21. The third-order valence-electron chi connectivity index (χ3n) is 4.20. The molecule has 3 aromatic rings. The van der Waals surface area contributed by atoms with Gasteiger partial charge in [0.15, 0.2) is 0 Å². The number of rotatable bonds is 5. The molecule has 0 bridgehead atoms. The normalized spacial score (nSPS) is 11.4. The summed E-state index contributed by atoms with van der Waals surface area (Å²) in [7, 11) is 0. The van der Waals surface area contributed by atoms with Gasteiger partial charge in [-0.05, 0) is 49.4 Å². The molecule has 3 heterocycles. The zero-order valence-electron chi connectivity index (χ0n) is 15.0. The number of pyridine rings is 2. The highest BCUT2D eigenvalue weighted by Crippen LogP contribution is 2.36. The summed E-state index contributed by atoms with van der Waals surface area (Å²) in [6, 6.07) is 3.95. The van der Waals surface area contributed by atoms with Crippen LogP contribution in [0.1, 0.15) is 49.9 Å². The average molecular weight is 324 g/mol. The van der Waals surface area contributed by atoms with Crippen molar-refractivity contribution in [1.82, 2.24) is 20.2 Å². The second-order valence-corrected chi connectivity index (χ2v) is 6.40. The predicted octanol–water partition coefficient (Wildman–Crippen LogP) is 4.55. The number of aromatic amines is 1. The Morgan fingerprint density at radius 1 is 1.21 bits per heavy atom. The minimum atomic E-state index is 0.355. The molecule has 3 rings (SSSR count). The van der Waals surface area contributed by atoms with Crippen LogP contribution in [0.3, 0.4) is 0 Å². The van der Waals surface area contributed by atoms with Crippen LogP contribution in [0, 0.1) is 13.8 Å². The Hall–Kier alpha value is -2.43. The van der Waals surface area contributed by atoms with E-state index in [-0.39, 0.29) is 0 Å². The fourth-order valence-electron chi connectivity index (χ4n) is 3.10. The summed E-state index contributed by atoms with van der Waals surface area (Å²) in [6.45, 7) is 11.2. The Kier molecular flexibility index (Phi) is 4.51. The Labute approximate surface area is 142 Å². The topological polar surface area (TPSA) is 63.7 Å². The van der Waals surface area contributed by atoms with Gasteiger partial charge in [0.25, 0.3) is 0 Å². The molecule has 5 heteroatoms. The first-order valence-corrected chi connectivity index (χ1v) is 8.47. The third-order valence-corrected chi connectivity index (χ3v) is 4.20. The summed E-state index contributed by atoms with van der Waals surface area (Å²) < 4.78 is 5.85. The van der Waals surface area contributed by atoms with Crippen molar-refractivity contribution >= 4 is 11.0 Å². The molecule has 0 aliphatic carbocycles. The number of hydrogen-bond donors (Lipinski definition) is 1. The highest BCUT2D eigenvalue weighted by molar-refractivity contribution is 5.86. The minimum absolute atomic E-state index is 0.355. The summed E-state index contributed by atoms with van der Waals surface area (Å²) in [6.07, 6.45) is 2.70. The van der Waals surface area contributed by atoms with Gasteiger partial charge in [-0.3, -0.25) is 5.10 Å². The minimum Gasteiger partial charge on any atom is -0.477 e. The van der Waals surface area contributed by atoms with Crippen LogP contribution in [-0.4, -0.2) is 26.8 Å². The van der Waals surface area contributed by atoms with Gasteiger partial charge in [-0.25, -0.2) is 9.97 Å². The zero-order chi connectivity index (χ0) is 17.3. The van der Waals surface area contributed by atoms with Crippen molar-refractivity contribution in [3.05, 3.63) is 35.2 Å². The lowest BCUT2D eigenvalue weighted by Crippen LogP contribution is -2.03. The van der Waals surface area contributed by atoms with Gasteiger partial charge < -0.3 is 4.74 Å². The van der Waals surface area contributed by atoms with Crippen molar-refractivity contribution in [3.63, 3.8) is 0 Å². The van der Waals surface area contributed by atoms with Crippen LogP contribution in [0.15, 0.2) is 18.3 Å². The van der Waals surface area contributed by atoms with E-state index >= 15 is 0 Å². The molecule has 126 valence electrons. The van der Waals surface area contributed by atoms with E-state index < -0.39 is 0 Å². The molecule has 0 atom stereocenters. The molecule has 0 amide bonds. The van der Waals surface area contributed by atoms with Crippen LogP contribution in [0.4, 0.5) is 0 Å². The molecule has 0 saturated carbocycles. The molecule has 3 aromatic heterocycles. The van der Waals surface area contributed by atoms with Gasteiger partial charge in [-0.1, -0.05) is 20.8 Å². The van der Waals surface area contributed by atoms with Gasteiger partial charge in [-0.15, -0.1) is 0 Å². The van der Waals surface area contributed by atoms with Crippen LogP contribution in [0.2, 0.25) is 0 Å². The lowest BCUT2D eigenvalue weighted by atomic mass is 9.93. The number of ether oxygens (including phenoxy) is 1. The molecule has 0 radical (unpaired) electrons. The van der Waals surface area contributed by atoms with Crippen molar-refractivity contribution in [2.45, 2.75) is 47.0 Å². The van der Waals surface area contributed by atoms with Crippen molar-refractivity contribution < 1.29 is 4.74 Å². The number of nitrogens with zero attached hydrogens (tertiary/aromatic N) is 3. The number of hydrogen-bond acceptors (Lipinski definition) is 4. The molecular formula is C19H24N4O. The van der Waals surface area contributed by atoms with Crippen LogP contribution < -0.4 is 4.74 Å². The summed E-state index contributed by atoms with van der Waals surface area (Å²) in [5.74, 6) is 0.999. The number of H-pyrrole nitrogens is 1. The predicted molar refractivity (Wildman–Crippen MR) is 96.5 cm³/mol. The number of aromatic nitrogens is 4. The molecule has 1 N–H and O–H groups in total. The molecule has 0 aliphatic rings. The number of fused-ring (bicyclic) bond motifs is 1. The van der Waals surface area contributed by atoms with Gasteiger partial charge in [-0.2, -0.15) is 5.10 Å². The standard InChI is InChI=1S/C19H24N4O/c1-6-10-24-19-14(8-7-9-20-19)16-12(4)15(11(2)3)18-17(21-16)13(5)22-23-18/h7-9,11H,6,10H2,1-5H3,(H,22,23). The Balaban J connectivity index is 2.27. The van der Waals surface area contributed by atoms with Crippen LogP contribution in [-0.2, 0) is 0 Å². The largest absolute Gasteiger partial charge is 0.477 e. The van der Waals surface area contributed by atoms with E-state index in [1.807, 2.05) is 19.1 Å². The van der Waals surface area contributed by atoms with E-state index in [1.165, 1.54) is 5.56 Å². The Bertz CT molecular complexity index is 867. The van der Waals surface area contributed by atoms with Crippen LogP contribution in [0.5, 0.6) is 5.88 Å². The van der Waals surface area contributed by atoms with Crippen LogP contribution in [0.25, 0.3) is 22.3 Å². The molecule has 0 aromatic carbocycles. The molecule has 0 fully saturated rings. The zero-order valence-corrected chi connectivity index (χ0v) is 15.0. The maximum absolute atomic E-state index is 5.85. The molecule has 0 aliphatic heterocycles. The molecule has 0 unspecified atom stereocenters. The van der Waals surface area contributed by atoms with E-state index in [0.717, 1.165) is 40.0 Å². The lowest BCUT2D eigenvalue weighted by molar-refractivity contribution is 0.306. The average Bonchev–Trinajstić information content (AvgIpc) is 2.93. The monoisotopic (exact) mass is 324 g/mol. The first-order valence-electron chi connectivity index (χ1n) is 8.47. The van der Waals surface area contributed by atoms with E-state index in [4.69, 9.17) is 9.72 Å². The smallest absolute Gasteiger partial charge is 0.222 e.